The van der Waals surface area contributed by atoms with Gasteiger partial charge in [0.1, 0.15) is 0 Å². The summed E-state index contributed by atoms with van der Waals surface area (Å²) in [6.45, 7) is 2.79. The molecule has 0 unspecified atom stereocenters. The maximum absolute atomic E-state index is 11.2. The maximum Gasteiger partial charge on any atom is 0.339 e. The second kappa shape index (κ2) is 7.54. The molecule has 116 valence electrons. The number of aryl methyl sites for hydroxylation is 1. The van der Waals surface area contributed by atoms with E-state index in [0.29, 0.717) is 18.1 Å². The summed E-state index contributed by atoms with van der Waals surface area (Å²) < 4.78 is 0. The molecule has 1 aromatic heterocycles. The van der Waals surface area contributed by atoms with Crippen molar-refractivity contribution in [3.05, 3.63) is 53.3 Å². The van der Waals surface area contributed by atoms with Crippen molar-refractivity contribution in [3.8, 4) is 0 Å². The van der Waals surface area contributed by atoms with Crippen molar-refractivity contribution in [3.63, 3.8) is 0 Å². The summed E-state index contributed by atoms with van der Waals surface area (Å²) in [5.74, 6) is -0.397. The lowest BCUT2D eigenvalue weighted by Gasteiger charge is -2.18. The third-order valence-corrected chi connectivity index (χ3v) is 3.49. The molecule has 1 heterocycles. The number of hydrogen-bond acceptors (Lipinski definition) is 4. The van der Waals surface area contributed by atoms with Crippen molar-refractivity contribution in [1.29, 1.82) is 0 Å². The lowest BCUT2D eigenvalue weighted by atomic mass is 10.1. The molecular weight excluding hydrogens is 278 g/mol. The van der Waals surface area contributed by atoms with Crippen molar-refractivity contribution in [2.24, 2.45) is 0 Å². The van der Waals surface area contributed by atoms with Crippen molar-refractivity contribution < 1.29 is 9.90 Å². The van der Waals surface area contributed by atoms with E-state index in [0.717, 1.165) is 19.4 Å². The molecule has 0 aliphatic carbocycles. The molecule has 0 fully saturated rings. The topological polar surface area (TPSA) is 66.3 Å². The van der Waals surface area contributed by atoms with E-state index in [1.54, 1.807) is 0 Å². The number of nitrogens with zero attached hydrogens (tertiary/aromatic N) is 3. The van der Waals surface area contributed by atoms with Crippen LogP contribution in [0.5, 0.6) is 0 Å². The van der Waals surface area contributed by atoms with Gasteiger partial charge in [0, 0.05) is 19.8 Å². The van der Waals surface area contributed by atoms with Gasteiger partial charge in [0.15, 0.2) is 0 Å². The lowest BCUT2D eigenvalue weighted by molar-refractivity contribution is 0.0694. The van der Waals surface area contributed by atoms with Gasteiger partial charge in [-0.15, -0.1) is 0 Å². The fraction of sp³-hybridized carbons (Fsp3) is 0.353. The summed E-state index contributed by atoms with van der Waals surface area (Å²) >= 11 is 0. The van der Waals surface area contributed by atoms with E-state index in [9.17, 15) is 9.90 Å². The highest BCUT2D eigenvalue weighted by Gasteiger charge is 2.14. The van der Waals surface area contributed by atoms with Gasteiger partial charge in [-0.25, -0.2) is 14.8 Å². The van der Waals surface area contributed by atoms with Gasteiger partial charge >= 0.3 is 5.97 Å². The number of aromatic carboxylic acids is 1. The highest BCUT2D eigenvalue weighted by atomic mass is 16.4. The first-order chi connectivity index (χ1) is 10.6. The molecule has 5 nitrogen and oxygen atoms in total. The second-order valence-electron chi connectivity index (χ2n) is 5.24. The number of carboxylic acid groups (broad SMARTS) is 1. The summed E-state index contributed by atoms with van der Waals surface area (Å²) in [7, 11) is 1.93. The number of carbonyl (C=O) groups is 1. The summed E-state index contributed by atoms with van der Waals surface area (Å²) in [5, 5.41) is 9.18. The Morgan fingerprint density at radius 3 is 2.59 bits per heavy atom. The van der Waals surface area contributed by atoms with E-state index >= 15 is 0 Å². The number of likely N-dealkylation sites (N-methyl/N-ethyl adjacent to an activating group) is 1. The summed E-state index contributed by atoms with van der Waals surface area (Å²) in [5.41, 5.74) is 2.05. The molecule has 0 spiro atoms. The van der Waals surface area contributed by atoms with Crippen molar-refractivity contribution in [1.82, 2.24) is 9.97 Å². The van der Waals surface area contributed by atoms with Crippen LogP contribution >= 0.6 is 0 Å². The van der Waals surface area contributed by atoms with Crippen LogP contribution in [0.2, 0.25) is 0 Å². The molecule has 0 saturated heterocycles. The minimum atomic E-state index is -0.970. The normalized spacial score (nSPS) is 10.5. The minimum Gasteiger partial charge on any atom is -0.478 e. The Bertz CT molecular complexity index is 629. The zero-order valence-electron chi connectivity index (χ0n) is 13.0. The number of aromatic nitrogens is 2. The molecule has 2 rings (SSSR count). The smallest absolute Gasteiger partial charge is 0.339 e. The number of rotatable bonds is 7. The van der Waals surface area contributed by atoms with Gasteiger partial charge in [-0.05, 0) is 18.4 Å². The highest BCUT2D eigenvalue weighted by Crippen LogP contribution is 2.13. The Hall–Kier alpha value is -2.43. The number of carboxylic acids is 1. The first kappa shape index (κ1) is 15.9. The molecule has 22 heavy (non-hydrogen) atoms. The van der Waals surface area contributed by atoms with Gasteiger partial charge in [-0.1, -0.05) is 43.7 Å². The molecule has 1 aromatic carbocycles. The molecule has 0 aliphatic heterocycles. The number of anilines is 1. The van der Waals surface area contributed by atoms with Gasteiger partial charge < -0.3 is 10.0 Å². The molecular formula is C17H21N3O2. The van der Waals surface area contributed by atoms with Gasteiger partial charge in [0.25, 0.3) is 0 Å². The van der Waals surface area contributed by atoms with E-state index < -0.39 is 5.97 Å². The first-order valence-electron chi connectivity index (χ1n) is 7.46. The molecule has 0 atom stereocenters. The largest absolute Gasteiger partial charge is 0.478 e. The molecule has 1 N–H and O–H groups in total. The molecule has 0 saturated carbocycles. The van der Waals surface area contributed by atoms with Crippen LogP contribution in [0, 0.1) is 0 Å². The van der Waals surface area contributed by atoms with E-state index in [4.69, 9.17) is 0 Å². The van der Waals surface area contributed by atoms with Gasteiger partial charge in [0.2, 0.25) is 5.95 Å². The Labute approximate surface area is 130 Å². The highest BCUT2D eigenvalue weighted by molar-refractivity contribution is 5.88. The van der Waals surface area contributed by atoms with Crippen LogP contribution in [0.3, 0.4) is 0 Å². The summed E-state index contributed by atoms with van der Waals surface area (Å²) in [4.78, 5) is 21.8. The van der Waals surface area contributed by atoms with Crippen LogP contribution in [0.4, 0.5) is 5.95 Å². The Kier molecular flexibility index (Phi) is 5.47. The molecule has 0 amide bonds. The van der Waals surface area contributed by atoms with E-state index in [1.165, 1.54) is 11.8 Å². The fourth-order valence-corrected chi connectivity index (χ4v) is 2.24. The lowest BCUT2D eigenvalue weighted by Crippen LogP contribution is -2.23. The van der Waals surface area contributed by atoms with Gasteiger partial charge in [0.05, 0.1) is 11.3 Å². The number of hydrogen-bond donors (Lipinski definition) is 1. The van der Waals surface area contributed by atoms with Crippen molar-refractivity contribution in [2.45, 2.75) is 26.2 Å². The third kappa shape index (κ3) is 4.04. The molecule has 0 bridgehead atoms. The fourth-order valence-electron chi connectivity index (χ4n) is 2.24. The van der Waals surface area contributed by atoms with Crippen molar-refractivity contribution >= 4 is 11.9 Å². The van der Waals surface area contributed by atoms with Crippen LogP contribution in [-0.2, 0) is 12.8 Å². The van der Waals surface area contributed by atoms with Crippen LogP contribution in [0.1, 0.15) is 35.0 Å². The standard InChI is InChI=1S/C17H21N3O2/c1-3-7-15-14(16(21)22)12-18-17(19-15)20(2)11-10-13-8-5-4-6-9-13/h4-6,8-9,12H,3,7,10-11H2,1-2H3,(H,21,22). The molecule has 5 heteroatoms. The Balaban J connectivity index is 2.10. The predicted octanol–water partition coefficient (Wildman–Crippen LogP) is 2.81. The Morgan fingerprint density at radius 1 is 1.23 bits per heavy atom. The van der Waals surface area contributed by atoms with Crippen LogP contribution < -0.4 is 4.90 Å². The molecule has 2 aromatic rings. The van der Waals surface area contributed by atoms with Crippen LogP contribution in [0.15, 0.2) is 36.5 Å². The third-order valence-electron chi connectivity index (χ3n) is 3.49. The van der Waals surface area contributed by atoms with Crippen molar-refractivity contribution in [2.75, 3.05) is 18.5 Å². The molecule has 0 aliphatic rings. The van der Waals surface area contributed by atoms with Crippen LogP contribution in [0.25, 0.3) is 0 Å². The average molecular weight is 299 g/mol. The van der Waals surface area contributed by atoms with Gasteiger partial charge in [-0.2, -0.15) is 0 Å². The monoisotopic (exact) mass is 299 g/mol. The molecule has 0 radical (unpaired) electrons. The minimum absolute atomic E-state index is 0.196. The second-order valence-corrected chi connectivity index (χ2v) is 5.24. The number of benzene rings is 1. The zero-order chi connectivity index (χ0) is 15.9. The first-order valence-corrected chi connectivity index (χ1v) is 7.46. The van der Waals surface area contributed by atoms with E-state index in [2.05, 4.69) is 22.1 Å². The Morgan fingerprint density at radius 2 is 1.95 bits per heavy atom. The quantitative estimate of drug-likeness (QED) is 0.851. The van der Waals surface area contributed by atoms with E-state index in [-0.39, 0.29) is 5.56 Å². The van der Waals surface area contributed by atoms with E-state index in [1.807, 2.05) is 37.1 Å². The van der Waals surface area contributed by atoms with Crippen LogP contribution in [-0.4, -0.2) is 34.6 Å². The van der Waals surface area contributed by atoms with Gasteiger partial charge in [-0.3, -0.25) is 0 Å². The average Bonchev–Trinajstić information content (AvgIpc) is 2.53. The maximum atomic E-state index is 11.2. The zero-order valence-corrected chi connectivity index (χ0v) is 13.0. The predicted molar refractivity (Wildman–Crippen MR) is 86.4 cm³/mol. The summed E-state index contributed by atoms with van der Waals surface area (Å²) in [6, 6.07) is 10.2. The summed E-state index contributed by atoms with van der Waals surface area (Å²) in [6.07, 6.45) is 3.80. The SMILES string of the molecule is CCCc1nc(N(C)CCc2ccccc2)ncc1C(=O)O.